The zero-order valence-corrected chi connectivity index (χ0v) is 12.4. The Kier molecular flexibility index (Phi) is 4.70. The summed E-state index contributed by atoms with van der Waals surface area (Å²) in [5.41, 5.74) is 1.07. The van der Waals surface area contributed by atoms with Gasteiger partial charge in [0, 0.05) is 18.7 Å². The number of aromatic nitrogens is 2. The second-order valence-electron chi connectivity index (χ2n) is 5.11. The average Bonchev–Trinajstić information content (AvgIpc) is 2.47. The van der Waals surface area contributed by atoms with E-state index in [2.05, 4.69) is 10.3 Å². The highest BCUT2D eigenvalue weighted by Crippen LogP contribution is 2.15. The van der Waals surface area contributed by atoms with Gasteiger partial charge in [-0.05, 0) is 18.2 Å². The highest BCUT2D eigenvalue weighted by molar-refractivity contribution is 5.94. The van der Waals surface area contributed by atoms with Crippen LogP contribution in [0.3, 0.4) is 0 Å². The molecule has 1 N–H and O–H groups in total. The zero-order chi connectivity index (χ0) is 15.4. The van der Waals surface area contributed by atoms with E-state index in [-0.39, 0.29) is 17.4 Å². The Morgan fingerprint density at radius 2 is 2.19 bits per heavy atom. The van der Waals surface area contributed by atoms with Crippen molar-refractivity contribution in [3.05, 3.63) is 34.9 Å². The minimum absolute atomic E-state index is 0.0852. The summed E-state index contributed by atoms with van der Waals surface area (Å²) in [6.07, 6.45) is 1.51. The third kappa shape index (κ3) is 3.46. The molecule has 2 aromatic rings. The number of nitrogens with zero attached hydrogens (tertiary/aromatic N) is 2. The summed E-state index contributed by atoms with van der Waals surface area (Å²) in [6.45, 7) is 4.52. The second-order valence-corrected chi connectivity index (χ2v) is 5.11. The molecule has 0 atom stereocenters. The number of ether oxygens (including phenoxy) is 1. The van der Waals surface area contributed by atoms with E-state index in [1.165, 1.54) is 10.9 Å². The summed E-state index contributed by atoms with van der Waals surface area (Å²) in [7, 11) is 1.58. The predicted octanol–water partition coefficient (Wildman–Crippen LogP) is 1.64. The van der Waals surface area contributed by atoms with Gasteiger partial charge in [-0.15, -0.1) is 0 Å². The number of fused-ring (bicyclic) bond motifs is 1. The Labute approximate surface area is 122 Å². The lowest BCUT2D eigenvalue weighted by atomic mass is 10.2. The van der Waals surface area contributed by atoms with Crippen molar-refractivity contribution in [3.8, 4) is 0 Å². The first-order valence-electron chi connectivity index (χ1n) is 6.82. The topological polar surface area (TPSA) is 73.2 Å². The van der Waals surface area contributed by atoms with Crippen molar-refractivity contribution in [2.24, 2.45) is 5.92 Å². The highest BCUT2D eigenvalue weighted by Gasteiger charge is 2.09. The van der Waals surface area contributed by atoms with E-state index in [4.69, 9.17) is 4.74 Å². The molecule has 1 aromatic heterocycles. The summed E-state index contributed by atoms with van der Waals surface area (Å²) in [5.74, 6) is -0.203. The van der Waals surface area contributed by atoms with E-state index < -0.39 is 0 Å². The van der Waals surface area contributed by atoms with Crippen LogP contribution in [0.5, 0.6) is 0 Å². The summed E-state index contributed by atoms with van der Waals surface area (Å²) < 4.78 is 6.47. The number of benzene rings is 1. The van der Waals surface area contributed by atoms with Crippen molar-refractivity contribution in [2.45, 2.75) is 20.4 Å². The molecule has 0 aliphatic heterocycles. The Morgan fingerprint density at radius 3 is 2.86 bits per heavy atom. The molecule has 0 aliphatic carbocycles. The van der Waals surface area contributed by atoms with Gasteiger partial charge in [0.2, 0.25) is 5.91 Å². The number of hydrogen-bond donors (Lipinski definition) is 1. The standard InChI is InChI=1S/C15H19N3O3/c1-10(2)14(19)17-11-4-5-13-12(8-11)15(20)18(9-16-13)6-7-21-3/h4-5,8-10H,6-7H2,1-3H3,(H,17,19). The lowest BCUT2D eigenvalue weighted by Crippen LogP contribution is -2.23. The van der Waals surface area contributed by atoms with Crippen molar-refractivity contribution in [2.75, 3.05) is 19.0 Å². The average molecular weight is 289 g/mol. The lowest BCUT2D eigenvalue weighted by molar-refractivity contribution is -0.118. The van der Waals surface area contributed by atoms with Gasteiger partial charge in [0.05, 0.1) is 30.4 Å². The van der Waals surface area contributed by atoms with Crippen LogP contribution in [0, 0.1) is 5.92 Å². The van der Waals surface area contributed by atoms with Crippen molar-refractivity contribution in [3.63, 3.8) is 0 Å². The first-order valence-corrected chi connectivity index (χ1v) is 6.82. The van der Waals surface area contributed by atoms with Crippen molar-refractivity contribution >= 4 is 22.5 Å². The summed E-state index contributed by atoms with van der Waals surface area (Å²) >= 11 is 0. The number of methoxy groups -OCH3 is 1. The van der Waals surface area contributed by atoms with E-state index in [0.29, 0.717) is 29.7 Å². The Hall–Kier alpha value is -2.21. The van der Waals surface area contributed by atoms with E-state index >= 15 is 0 Å². The van der Waals surface area contributed by atoms with Gasteiger partial charge in [0.1, 0.15) is 0 Å². The van der Waals surface area contributed by atoms with Gasteiger partial charge in [-0.2, -0.15) is 0 Å². The molecular weight excluding hydrogens is 270 g/mol. The molecule has 1 aromatic carbocycles. The molecular formula is C15H19N3O3. The normalized spacial score (nSPS) is 11.0. The Balaban J connectivity index is 2.38. The third-order valence-corrected chi connectivity index (χ3v) is 3.15. The monoisotopic (exact) mass is 289 g/mol. The number of hydrogen-bond acceptors (Lipinski definition) is 4. The van der Waals surface area contributed by atoms with Crippen LogP contribution in [0.1, 0.15) is 13.8 Å². The second kappa shape index (κ2) is 6.49. The quantitative estimate of drug-likeness (QED) is 0.908. The molecule has 0 aliphatic rings. The molecule has 2 rings (SSSR count). The smallest absolute Gasteiger partial charge is 0.261 e. The van der Waals surface area contributed by atoms with Crippen LogP contribution in [0.15, 0.2) is 29.3 Å². The fourth-order valence-corrected chi connectivity index (χ4v) is 1.87. The molecule has 6 nitrogen and oxygen atoms in total. The summed E-state index contributed by atoms with van der Waals surface area (Å²) in [5, 5.41) is 3.27. The summed E-state index contributed by atoms with van der Waals surface area (Å²) in [4.78, 5) is 28.3. The van der Waals surface area contributed by atoms with E-state index in [0.717, 1.165) is 0 Å². The van der Waals surface area contributed by atoms with E-state index in [1.807, 2.05) is 13.8 Å². The third-order valence-electron chi connectivity index (χ3n) is 3.15. The maximum atomic E-state index is 12.4. The molecule has 0 fully saturated rings. The fraction of sp³-hybridized carbons (Fsp3) is 0.400. The van der Waals surface area contributed by atoms with Gasteiger partial charge in [-0.25, -0.2) is 4.98 Å². The van der Waals surface area contributed by atoms with Crippen LogP contribution in [-0.2, 0) is 16.1 Å². The molecule has 0 unspecified atom stereocenters. The Bertz CT molecular complexity index is 707. The molecule has 0 saturated heterocycles. The molecule has 0 saturated carbocycles. The lowest BCUT2D eigenvalue weighted by Gasteiger charge is -2.09. The van der Waals surface area contributed by atoms with Crippen LogP contribution in [0.2, 0.25) is 0 Å². The van der Waals surface area contributed by atoms with Crippen LogP contribution in [-0.4, -0.2) is 29.2 Å². The number of carbonyl (C=O) groups excluding carboxylic acids is 1. The van der Waals surface area contributed by atoms with Gasteiger partial charge >= 0.3 is 0 Å². The molecule has 1 heterocycles. The summed E-state index contributed by atoms with van der Waals surface area (Å²) in [6, 6.07) is 5.14. The van der Waals surface area contributed by atoms with Gasteiger partial charge in [-0.3, -0.25) is 14.2 Å². The van der Waals surface area contributed by atoms with Crippen molar-refractivity contribution < 1.29 is 9.53 Å². The number of rotatable bonds is 5. The molecule has 1 amide bonds. The predicted molar refractivity (Wildman–Crippen MR) is 81.3 cm³/mol. The maximum absolute atomic E-state index is 12.4. The van der Waals surface area contributed by atoms with Crippen molar-refractivity contribution in [1.29, 1.82) is 0 Å². The number of amides is 1. The van der Waals surface area contributed by atoms with Crippen molar-refractivity contribution in [1.82, 2.24) is 9.55 Å². The van der Waals surface area contributed by atoms with Gasteiger partial charge < -0.3 is 10.1 Å². The van der Waals surface area contributed by atoms with Crippen LogP contribution in [0.4, 0.5) is 5.69 Å². The Morgan fingerprint density at radius 1 is 1.43 bits per heavy atom. The van der Waals surface area contributed by atoms with E-state index in [1.54, 1.807) is 25.3 Å². The van der Waals surface area contributed by atoms with Gasteiger partial charge in [-0.1, -0.05) is 13.8 Å². The SMILES string of the molecule is COCCn1cnc2ccc(NC(=O)C(C)C)cc2c1=O. The fourth-order valence-electron chi connectivity index (χ4n) is 1.87. The van der Waals surface area contributed by atoms with Crippen LogP contribution in [0.25, 0.3) is 10.9 Å². The minimum Gasteiger partial charge on any atom is -0.383 e. The number of nitrogens with one attached hydrogen (secondary N) is 1. The number of carbonyl (C=O) groups is 1. The molecule has 112 valence electrons. The first-order chi connectivity index (χ1) is 10.0. The highest BCUT2D eigenvalue weighted by atomic mass is 16.5. The van der Waals surface area contributed by atoms with Gasteiger partial charge in [0.15, 0.2) is 0 Å². The van der Waals surface area contributed by atoms with E-state index in [9.17, 15) is 9.59 Å². The molecule has 0 bridgehead atoms. The van der Waals surface area contributed by atoms with Gasteiger partial charge in [0.25, 0.3) is 5.56 Å². The van der Waals surface area contributed by atoms with Crippen LogP contribution < -0.4 is 10.9 Å². The maximum Gasteiger partial charge on any atom is 0.261 e. The number of anilines is 1. The zero-order valence-electron chi connectivity index (χ0n) is 12.4. The first kappa shape index (κ1) is 15.2. The molecule has 21 heavy (non-hydrogen) atoms. The molecule has 0 radical (unpaired) electrons. The minimum atomic E-state index is -0.141. The van der Waals surface area contributed by atoms with Crippen LogP contribution >= 0.6 is 0 Å². The largest absolute Gasteiger partial charge is 0.383 e. The molecule has 0 spiro atoms. The molecule has 6 heteroatoms.